The lowest BCUT2D eigenvalue weighted by atomic mass is 9.98. The number of hydrogen-bond donors (Lipinski definition) is 1. The standard InChI is InChI=1S/C13H19N3/c14-13-5-4-10-7-16(9-12(10)13)8-11-3-1-2-6-15-11/h1-3,6,10,12-13H,4-5,7-9,14H2. The molecule has 3 nitrogen and oxygen atoms in total. The minimum atomic E-state index is 0.443. The summed E-state index contributed by atoms with van der Waals surface area (Å²) < 4.78 is 0. The van der Waals surface area contributed by atoms with Crippen molar-refractivity contribution in [1.82, 2.24) is 9.88 Å². The van der Waals surface area contributed by atoms with Crippen molar-refractivity contribution in [3.05, 3.63) is 30.1 Å². The molecule has 1 saturated heterocycles. The van der Waals surface area contributed by atoms with E-state index in [4.69, 9.17) is 5.73 Å². The Kier molecular flexibility index (Phi) is 2.65. The molecule has 2 fully saturated rings. The Morgan fingerprint density at radius 2 is 2.25 bits per heavy atom. The molecule has 1 aromatic rings. The Bertz CT molecular complexity index is 351. The van der Waals surface area contributed by atoms with Gasteiger partial charge in [-0.15, -0.1) is 0 Å². The van der Waals surface area contributed by atoms with E-state index in [0.29, 0.717) is 6.04 Å². The van der Waals surface area contributed by atoms with Gasteiger partial charge in [-0.25, -0.2) is 0 Å². The van der Waals surface area contributed by atoms with Gasteiger partial charge in [0.25, 0.3) is 0 Å². The third-order valence-corrected chi connectivity index (χ3v) is 4.10. The molecule has 16 heavy (non-hydrogen) atoms. The number of rotatable bonds is 2. The molecule has 0 aromatic carbocycles. The second-order valence-corrected chi connectivity index (χ2v) is 5.18. The van der Waals surface area contributed by atoms with E-state index >= 15 is 0 Å². The van der Waals surface area contributed by atoms with Gasteiger partial charge in [-0.2, -0.15) is 0 Å². The monoisotopic (exact) mass is 217 g/mol. The van der Waals surface area contributed by atoms with Gasteiger partial charge in [0.05, 0.1) is 5.69 Å². The molecule has 3 heteroatoms. The molecule has 3 unspecified atom stereocenters. The Labute approximate surface area is 96.7 Å². The van der Waals surface area contributed by atoms with Crippen LogP contribution in [0.5, 0.6) is 0 Å². The van der Waals surface area contributed by atoms with Crippen LogP contribution in [-0.2, 0) is 6.54 Å². The van der Waals surface area contributed by atoms with Crippen LogP contribution in [0.25, 0.3) is 0 Å². The van der Waals surface area contributed by atoms with Crippen molar-refractivity contribution >= 4 is 0 Å². The van der Waals surface area contributed by atoms with E-state index in [1.807, 2.05) is 12.3 Å². The quantitative estimate of drug-likeness (QED) is 0.810. The molecular weight excluding hydrogens is 198 g/mol. The number of nitrogens with zero attached hydrogens (tertiary/aromatic N) is 2. The zero-order valence-electron chi connectivity index (χ0n) is 9.55. The van der Waals surface area contributed by atoms with E-state index < -0.39 is 0 Å². The van der Waals surface area contributed by atoms with Crippen LogP contribution in [0.15, 0.2) is 24.4 Å². The van der Waals surface area contributed by atoms with E-state index in [1.165, 1.54) is 31.6 Å². The average molecular weight is 217 g/mol. The molecule has 2 heterocycles. The van der Waals surface area contributed by atoms with Crippen LogP contribution < -0.4 is 5.73 Å². The fourth-order valence-electron chi connectivity index (χ4n) is 3.25. The minimum Gasteiger partial charge on any atom is -0.327 e. The molecule has 1 aliphatic carbocycles. The van der Waals surface area contributed by atoms with Crippen LogP contribution >= 0.6 is 0 Å². The largest absolute Gasteiger partial charge is 0.327 e. The molecule has 3 atom stereocenters. The maximum Gasteiger partial charge on any atom is 0.0543 e. The predicted octanol–water partition coefficient (Wildman–Crippen LogP) is 1.25. The van der Waals surface area contributed by atoms with Gasteiger partial charge in [0.1, 0.15) is 0 Å². The normalized spacial score (nSPS) is 34.2. The molecule has 0 bridgehead atoms. The Hall–Kier alpha value is -0.930. The summed E-state index contributed by atoms with van der Waals surface area (Å²) in [5.41, 5.74) is 7.31. The van der Waals surface area contributed by atoms with E-state index in [2.05, 4.69) is 22.0 Å². The highest BCUT2D eigenvalue weighted by Crippen LogP contribution is 2.37. The van der Waals surface area contributed by atoms with E-state index in [1.54, 1.807) is 0 Å². The van der Waals surface area contributed by atoms with Crippen LogP contribution in [0.3, 0.4) is 0 Å². The first-order valence-corrected chi connectivity index (χ1v) is 6.21. The number of nitrogens with two attached hydrogens (primary N) is 1. The van der Waals surface area contributed by atoms with Gasteiger partial charge in [-0.3, -0.25) is 9.88 Å². The molecule has 2 aliphatic rings. The lowest BCUT2D eigenvalue weighted by molar-refractivity contribution is 0.295. The smallest absolute Gasteiger partial charge is 0.0543 e. The van der Waals surface area contributed by atoms with Crippen molar-refractivity contribution in [2.75, 3.05) is 13.1 Å². The SMILES string of the molecule is NC1CCC2CN(Cc3ccccn3)CC12. The average Bonchev–Trinajstić information content (AvgIpc) is 2.83. The lowest BCUT2D eigenvalue weighted by Crippen LogP contribution is -2.30. The number of pyridine rings is 1. The van der Waals surface area contributed by atoms with E-state index in [0.717, 1.165) is 18.4 Å². The number of fused-ring (bicyclic) bond motifs is 1. The molecule has 0 radical (unpaired) electrons. The molecule has 86 valence electrons. The number of hydrogen-bond acceptors (Lipinski definition) is 3. The van der Waals surface area contributed by atoms with Crippen molar-refractivity contribution in [2.24, 2.45) is 17.6 Å². The molecule has 0 amide bonds. The van der Waals surface area contributed by atoms with Crippen LogP contribution in [0.1, 0.15) is 18.5 Å². The zero-order valence-corrected chi connectivity index (χ0v) is 9.55. The molecule has 1 aliphatic heterocycles. The Morgan fingerprint density at radius 1 is 1.31 bits per heavy atom. The minimum absolute atomic E-state index is 0.443. The summed E-state index contributed by atoms with van der Waals surface area (Å²) in [7, 11) is 0. The summed E-state index contributed by atoms with van der Waals surface area (Å²) in [6.07, 6.45) is 4.43. The molecule has 0 spiro atoms. The van der Waals surface area contributed by atoms with Gasteiger partial charge in [-0.1, -0.05) is 6.07 Å². The first-order chi connectivity index (χ1) is 7.83. The molecule has 1 saturated carbocycles. The zero-order chi connectivity index (χ0) is 11.0. The van der Waals surface area contributed by atoms with E-state index in [-0.39, 0.29) is 0 Å². The highest BCUT2D eigenvalue weighted by molar-refractivity contribution is 5.05. The molecular formula is C13H19N3. The first-order valence-electron chi connectivity index (χ1n) is 6.21. The molecule has 2 N–H and O–H groups in total. The lowest BCUT2D eigenvalue weighted by Gasteiger charge is -2.17. The number of aromatic nitrogens is 1. The fraction of sp³-hybridized carbons (Fsp3) is 0.615. The second kappa shape index (κ2) is 4.15. The first kappa shape index (κ1) is 10.2. The summed E-state index contributed by atoms with van der Waals surface area (Å²) in [4.78, 5) is 6.89. The van der Waals surface area contributed by atoms with Crippen molar-refractivity contribution in [2.45, 2.75) is 25.4 Å². The van der Waals surface area contributed by atoms with Crippen molar-refractivity contribution < 1.29 is 0 Å². The maximum atomic E-state index is 6.13. The number of likely N-dealkylation sites (tertiary alicyclic amines) is 1. The summed E-state index contributed by atoms with van der Waals surface area (Å²) in [6, 6.07) is 6.58. The highest BCUT2D eigenvalue weighted by Gasteiger charge is 2.40. The van der Waals surface area contributed by atoms with Gasteiger partial charge >= 0.3 is 0 Å². The molecule has 3 rings (SSSR count). The van der Waals surface area contributed by atoms with Crippen molar-refractivity contribution in [3.63, 3.8) is 0 Å². The summed E-state index contributed by atoms with van der Waals surface area (Å²) in [5.74, 6) is 1.59. The topological polar surface area (TPSA) is 42.1 Å². The van der Waals surface area contributed by atoms with Gasteiger partial charge in [-0.05, 0) is 36.8 Å². The van der Waals surface area contributed by atoms with Crippen LogP contribution in [0.2, 0.25) is 0 Å². The van der Waals surface area contributed by atoms with Crippen molar-refractivity contribution in [3.8, 4) is 0 Å². The van der Waals surface area contributed by atoms with Gasteiger partial charge in [0.2, 0.25) is 0 Å². The third-order valence-electron chi connectivity index (χ3n) is 4.10. The van der Waals surface area contributed by atoms with E-state index in [9.17, 15) is 0 Å². The maximum absolute atomic E-state index is 6.13. The Balaban J connectivity index is 1.63. The van der Waals surface area contributed by atoms with Crippen LogP contribution in [0.4, 0.5) is 0 Å². The fourth-order valence-corrected chi connectivity index (χ4v) is 3.25. The third kappa shape index (κ3) is 1.85. The van der Waals surface area contributed by atoms with Crippen LogP contribution in [-0.4, -0.2) is 29.0 Å². The van der Waals surface area contributed by atoms with Gasteiger partial charge < -0.3 is 5.73 Å². The summed E-state index contributed by atoms with van der Waals surface area (Å²) >= 11 is 0. The van der Waals surface area contributed by atoms with Gasteiger partial charge in [0.15, 0.2) is 0 Å². The highest BCUT2D eigenvalue weighted by atomic mass is 15.2. The second-order valence-electron chi connectivity index (χ2n) is 5.18. The van der Waals surface area contributed by atoms with Crippen molar-refractivity contribution in [1.29, 1.82) is 0 Å². The Morgan fingerprint density at radius 3 is 3.00 bits per heavy atom. The summed E-state index contributed by atoms with van der Waals surface area (Å²) in [6.45, 7) is 3.37. The molecule has 1 aromatic heterocycles. The van der Waals surface area contributed by atoms with Gasteiger partial charge in [0, 0.05) is 31.9 Å². The predicted molar refractivity (Wildman–Crippen MR) is 63.7 cm³/mol. The van der Waals surface area contributed by atoms with Crippen LogP contribution in [0, 0.1) is 11.8 Å². The summed E-state index contributed by atoms with van der Waals surface area (Å²) in [5, 5.41) is 0.